The van der Waals surface area contributed by atoms with Gasteiger partial charge in [0.1, 0.15) is 11.5 Å². The van der Waals surface area contributed by atoms with Crippen LogP contribution in [0.1, 0.15) is 20.7 Å². The van der Waals surface area contributed by atoms with Crippen LogP contribution in [-0.2, 0) is 4.74 Å². The zero-order valence-electron chi connectivity index (χ0n) is 14.1. The van der Waals surface area contributed by atoms with Crippen LogP contribution in [0.2, 0.25) is 0 Å². The Morgan fingerprint density at radius 1 is 0.923 bits per heavy atom. The highest BCUT2D eigenvalue weighted by Gasteiger charge is 2.29. The number of carbonyl (C=O) groups excluding carboxylic acids is 2. The molecule has 2 aromatic rings. The van der Waals surface area contributed by atoms with E-state index in [-0.39, 0.29) is 17.3 Å². The van der Waals surface area contributed by atoms with E-state index in [4.69, 9.17) is 49.0 Å². The van der Waals surface area contributed by atoms with Crippen LogP contribution in [-0.4, -0.2) is 37.2 Å². The van der Waals surface area contributed by atoms with Gasteiger partial charge in [0.05, 0.1) is 21.3 Å². The second-order valence-corrected chi connectivity index (χ2v) is 7.05. The number of ketones is 2. The van der Waals surface area contributed by atoms with E-state index in [1.54, 1.807) is 31.4 Å². The molecule has 0 amide bonds. The molecule has 138 valence electrons. The second-order valence-electron chi connectivity index (χ2n) is 5.07. The first-order valence-electron chi connectivity index (χ1n) is 7.29. The number of hydrogen-bond acceptors (Lipinski definition) is 5. The number of ether oxygens (including phenoxy) is 3. The second kappa shape index (κ2) is 8.62. The van der Waals surface area contributed by atoms with Crippen LogP contribution < -0.4 is 9.47 Å². The number of rotatable bonds is 3. The SMILES string of the molecule is COC1=CC(=O)c2ccc3cc(OC)cc(OC)c3c2C1=O.ClC(Cl)Cl. The highest BCUT2D eigenvalue weighted by molar-refractivity contribution is 6.63. The minimum atomic E-state index is -0.750. The molecule has 5 nitrogen and oxygen atoms in total. The minimum absolute atomic E-state index is 0.0304. The van der Waals surface area contributed by atoms with Crippen molar-refractivity contribution in [2.24, 2.45) is 0 Å². The molecule has 0 aliphatic heterocycles. The van der Waals surface area contributed by atoms with E-state index in [0.717, 1.165) is 5.39 Å². The molecule has 2 aromatic carbocycles. The average Bonchev–Trinajstić information content (AvgIpc) is 2.62. The normalized spacial score (nSPS) is 13.0. The Balaban J connectivity index is 0.000000552. The molecule has 8 heteroatoms. The topological polar surface area (TPSA) is 61.8 Å². The molecule has 1 aliphatic rings. The van der Waals surface area contributed by atoms with Gasteiger partial charge in [-0.1, -0.05) is 40.9 Å². The number of hydrogen-bond donors (Lipinski definition) is 0. The first kappa shape index (κ1) is 20.4. The lowest BCUT2D eigenvalue weighted by atomic mass is 9.88. The van der Waals surface area contributed by atoms with Crippen LogP contribution in [0.5, 0.6) is 11.5 Å². The predicted molar refractivity (Wildman–Crippen MR) is 102 cm³/mol. The first-order chi connectivity index (χ1) is 12.3. The van der Waals surface area contributed by atoms with Gasteiger partial charge in [-0.3, -0.25) is 9.59 Å². The summed E-state index contributed by atoms with van der Waals surface area (Å²) in [6.07, 6.45) is 1.21. The van der Waals surface area contributed by atoms with E-state index < -0.39 is 4.30 Å². The number of halogens is 3. The van der Waals surface area contributed by atoms with Gasteiger partial charge in [-0.25, -0.2) is 0 Å². The molecule has 0 aromatic heterocycles. The van der Waals surface area contributed by atoms with Gasteiger partial charge >= 0.3 is 0 Å². The smallest absolute Gasteiger partial charge is 0.229 e. The van der Waals surface area contributed by atoms with Crippen molar-refractivity contribution in [1.29, 1.82) is 0 Å². The predicted octanol–water partition coefficient (Wildman–Crippen LogP) is 4.75. The third-order valence-electron chi connectivity index (χ3n) is 3.71. The molecule has 0 fully saturated rings. The molecule has 0 saturated carbocycles. The highest BCUT2D eigenvalue weighted by Crippen LogP contribution is 2.37. The van der Waals surface area contributed by atoms with Gasteiger partial charge < -0.3 is 14.2 Å². The summed E-state index contributed by atoms with van der Waals surface area (Å²) in [5.74, 6) is 0.534. The van der Waals surface area contributed by atoms with Gasteiger partial charge in [0.15, 0.2) is 15.8 Å². The molecule has 0 saturated heterocycles. The van der Waals surface area contributed by atoms with Gasteiger partial charge in [0, 0.05) is 28.7 Å². The van der Waals surface area contributed by atoms with Crippen molar-refractivity contribution in [2.75, 3.05) is 21.3 Å². The van der Waals surface area contributed by atoms with Gasteiger partial charge in [-0.15, -0.1) is 0 Å². The van der Waals surface area contributed by atoms with E-state index in [2.05, 4.69) is 0 Å². The number of allylic oxidation sites excluding steroid dienone is 2. The zero-order valence-corrected chi connectivity index (χ0v) is 16.4. The van der Waals surface area contributed by atoms with E-state index >= 15 is 0 Å². The summed E-state index contributed by atoms with van der Waals surface area (Å²) in [5.41, 5.74) is 0.656. The minimum Gasteiger partial charge on any atom is -0.497 e. The standard InChI is InChI=1S/C17H14O5.CHCl3/c1-20-10-6-9-4-5-11-12(18)8-14(22-3)17(19)16(11)15(9)13(7-10)21-2;2-1(3)4/h4-8H,1-3H3;1H. The van der Waals surface area contributed by atoms with Crippen molar-refractivity contribution in [3.8, 4) is 11.5 Å². The Morgan fingerprint density at radius 2 is 1.58 bits per heavy atom. The Bertz CT molecular complexity index is 887. The molecule has 0 heterocycles. The van der Waals surface area contributed by atoms with E-state index in [1.165, 1.54) is 20.3 Å². The number of carbonyl (C=O) groups is 2. The lowest BCUT2D eigenvalue weighted by Gasteiger charge is -2.18. The largest absolute Gasteiger partial charge is 0.497 e. The summed E-state index contributed by atoms with van der Waals surface area (Å²) in [4.78, 5) is 24.8. The molecular weight excluding hydrogens is 403 g/mol. The molecule has 0 N–H and O–H groups in total. The van der Waals surface area contributed by atoms with E-state index in [0.29, 0.717) is 28.0 Å². The van der Waals surface area contributed by atoms with Crippen LogP contribution in [0.4, 0.5) is 0 Å². The van der Waals surface area contributed by atoms with Crippen LogP contribution in [0, 0.1) is 0 Å². The van der Waals surface area contributed by atoms with Crippen LogP contribution in [0.15, 0.2) is 36.1 Å². The molecular formula is C18H15Cl3O5. The van der Waals surface area contributed by atoms with Crippen molar-refractivity contribution in [2.45, 2.75) is 4.30 Å². The summed E-state index contributed by atoms with van der Waals surface area (Å²) < 4.78 is 14.9. The van der Waals surface area contributed by atoms with Crippen molar-refractivity contribution >= 4 is 57.1 Å². The summed E-state index contributed by atoms with van der Waals surface area (Å²) in [5, 5.41) is 1.34. The van der Waals surface area contributed by atoms with E-state index in [1.807, 2.05) is 0 Å². The number of Topliss-reactive ketones (excluding diaryl/α,β-unsaturated/α-hetero) is 1. The van der Waals surface area contributed by atoms with Gasteiger partial charge in [-0.05, 0) is 17.5 Å². The van der Waals surface area contributed by atoms with Gasteiger partial charge in [-0.2, -0.15) is 0 Å². The number of benzene rings is 2. The molecule has 0 spiro atoms. The van der Waals surface area contributed by atoms with E-state index in [9.17, 15) is 9.59 Å². The highest BCUT2D eigenvalue weighted by atomic mass is 35.6. The lowest BCUT2D eigenvalue weighted by molar-refractivity contribution is 0.0918. The molecule has 3 rings (SSSR count). The maximum Gasteiger partial charge on any atom is 0.229 e. The van der Waals surface area contributed by atoms with Crippen LogP contribution >= 0.6 is 34.8 Å². The van der Waals surface area contributed by atoms with Crippen molar-refractivity contribution in [1.82, 2.24) is 0 Å². The maximum absolute atomic E-state index is 12.6. The Hall–Kier alpha value is -1.95. The Labute approximate surface area is 165 Å². The average molecular weight is 418 g/mol. The fourth-order valence-corrected chi connectivity index (χ4v) is 2.66. The molecule has 1 aliphatic carbocycles. The first-order valence-corrected chi connectivity index (χ1v) is 8.60. The fraction of sp³-hybridized carbons (Fsp3) is 0.222. The molecule has 0 atom stereocenters. The van der Waals surface area contributed by atoms with Gasteiger partial charge in [0.2, 0.25) is 5.78 Å². The quantitative estimate of drug-likeness (QED) is 0.674. The number of fused-ring (bicyclic) bond motifs is 3. The monoisotopic (exact) mass is 416 g/mol. The van der Waals surface area contributed by atoms with Crippen LogP contribution in [0.25, 0.3) is 10.8 Å². The van der Waals surface area contributed by atoms with Crippen molar-refractivity contribution in [3.63, 3.8) is 0 Å². The summed E-state index contributed by atoms with van der Waals surface area (Å²) in [7, 11) is 4.43. The summed E-state index contributed by atoms with van der Waals surface area (Å²) >= 11 is 14.4. The number of methoxy groups -OCH3 is 3. The Kier molecular flexibility index (Phi) is 6.75. The fourth-order valence-electron chi connectivity index (χ4n) is 2.66. The summed E-state index contributed by atoms with van der Waals surface area (Å²) in [6, 6.07) is 6.89. The molecule has 26 heavy (non-hydrogen) atoms. The van der Waals surface area contributed by atoms with Gasteiger partial charge in [0.25, 0.3) is 0 Å². The molecule has 0 bridgehead atoms. The third kappa shape index (κ3) is 4.06. The zero-order chi connectivity index (χ0) is 19.4. The number of alkyl halides is 3. The van der Waals surface area contributed by atoms with Crippen LogP contribution in [0.3, 0.4) is 0 Å². The lowest BCUT2D eigenvalue weighted by Crippen LogP contribution is -2.18. The molecule has 0 radical (unpaired) electrons. The van der Waals surface area contributed by atoms with Crippen molar-refractivity contribution in [3.05, 3.63) is 47.2 Å². The third-order valence-corrected chi connectivity index (χ3v) is 3.71. The van der Waals surface area contributed by atoms with Crippen molar-refractivity contribution < 1.29 is 23.8 Å². The molecule has 0 unspecified atom stereocenters. The Morgan fingerprint density at radius 3 is 2.12 bits per heavy atom. The maximum atomic E-state index is 12.6. The summed E-state index contributed by atoms with van der Waals surface area (Å²) in [6.45, 7) is 0.